The van der Waals surface area contributed by atoms with E-state index < -0.39 is 5.97 Å². The van der Waals surface area contributed by atoms with Gasteiger partial charge in [-0.3, -0.25) is 4.79 Å². The molecule has 1 amide bonds. The average Bonchev–Trinajstić information content (AvgIpc) is 3.74. The molecule has 1 fully saturated rings. The summed E-state index contributed by atoms with van der Waals surface area (Å²) in [5.41, 5.74) is 4.10. The molecule has 44 heavy (non-hydrogen) atoms. The van der Waals surface area contributed by atoms with Crippen LogP contribution in [-0.4, -0.2) is 85.2 Å². The number of pyridine rings is 1. The largest absolute Gasteiger partial charge is 0.464 e. The molecule has 2 aromatic carbocycles. The summed E-state index contributed by atoms with van der Waals surface area (Å²) in [4.78, 5) is 40.1. The van der Waals surface area contributed by atoms with E-state index in [2.05, 4.69) is 30.5 Å². The summed E-state index contributed by atoms with van der Waals surface area (Å²) < 4.78 is 7.01. The van der Waals surface area contributed by atoms with Crippen LogP contribution >= 0.6 is 0 Å². The van der Waals surface area contributed by atoms with Gasteiger partial charge in [-0.25, -0.2) is 14.8 Å². The van der Waals surface area contributed by atoms with Crippen molar-refractivity contribution in [1.82, 2.24) is 40.1 Å². The second-order valence-corrected chi connectivity index (χ2v) is 10.5. The molecule has 0 saturated carbocycles. The number of hydrogen-bond acceptors (Lipinski definition) is 9. The number of tetrazole rings is 1. The molecule has 0 atom stereocenters. The normalized spacial score (nSPS) is 13.2. The van der Waals surface area contributed by atoms with Gasteiger partial charge < -0.3 is 19.1 Å². The first-order chi connectivity index (χ1) is 21.6. The van der Waals surface area contributed by atoms with Crippen LogP contribution in [0.1, 0.15) is 45.7 Å². The summed E-state index contributed by atoms with van der Waals surface area (Å²) in [6.45, 7) is 4.69. The highest BCUT2D eigenvalue weighted by atomic mass is 16.5. The Labute approximate surface area is 254 Å². The van der Waals surface area contributed by atoms with E-state index in [1.165, 1.54) is 7.11 Å². The van der Waals surface area contributed by atoms with Crippen molar-refractivity contribution in [2.75, 3.05) is 38.2 Å². The number of amides is 1. The maximum absolute atomic E-state index is 13.8. The second kappa shape index (κ2) is 12.9. The van der Waals surface area contributed by atoms with E-state index in [-0.39, 0.29) is 17.3 Å². The minimum absolute atomic E-state index is 0.136. The van der Waals surface area contributed by atoms with Gasteiger partial charge in [-0.2, -0.15) is 5.21 Å². The lowest BCUT2D eigenvalue weighted by molar-refractivity contribution is 0.0576. The number of piperazine rings is 1. The molecule has 5 aromatic rings. The van der Waals surface area contributed by atoms with E-state index in [9.17, 15) is 9.59 Å². The van der Waals surface area contributed by atoms with E-state index in [1.54, 1.807) is 11.1 Å². The van der Waals surface area contributed by atoms with Crippen LogP contribution in [0.15, 0.2) is 72.9 Å². The third kappa shape index (κ3) is 5.78. The topological polar surface area (TPSA) is 135 Å². The molecule has 6 rings (SSSR count). The quantitative estimate of drug-likeness (QED) is 0.253. The van der Waals surface area contributed by atoms with Gasteiger partial charge >= 0.3 is 5.97 Å². The van der Waals surface area contributed by atoms with Crippen LogP contribution in [0.2, 0.25) is 0 Å². The lowest BCUT2D eigenvalue weighted by Crippen LogP contribution is -2.49. The SMILES string of the molecule is CCCc1nc(C(=O)N2CCN(c3ccccn3)CC2)c(C(=O)OC)n1Cc1ccc(-c2ccccc2-c2nn[nH]n2)cc1. The van der Waals surface area contributed by atoms with E-state index in [0.717, 1.165) is 34.5 Å². The van der Waals surface area contributed by atoms with Gasteiger partial charge in [0.2, 0.25) is 5.82 Å². The zero-order chi connectivity index (χ0) is 30.5. The fourth-order valence-corrected chi connectivity index (χ4v) is 5.54. The van der Waals surface area contributed by atoms with Crippen molar-refractivity contribution in [3.05, 3.63) is 95.7 Å². The summed E-state index contributed by atoms with van der Waals surface area (Å²) in [7, 11) is 1.33. The first-order valence-corrected chi connectivity index (χ1v) is 14.6. The number of H-pyrrole nitrogens is 1. The third-order valence-corrected chi connectivity index (χ3v) is 7.76. The minimum Gasteiger partial charge on any atom is -0.464 e. The summed E-state index contributed by atoms with van der Waals surface area (Å²) in [5.74, 6) is 1.23. The maximum atomic E-state index is 13.8. The molecule has 224 valence electrons. The summed E-state index contributed by atoms with van der Waals surface area (Å²) in [5, 5.41) is 14.5. The summed E-state index contributed by atoms with van der Waals surface area (Å²) in [6.07, 6.45) is 3.18. The number of nitrogens with one attached hydrogen (secondary N) is 1. The Kier molecular flexibility index (Phi) is 8.39. The molecule has 0 bridgehead atoms. The zero-order valence-corrected chi connectivity index (χ0v) is 24.7. The number of rotatable bonds is 9. The molecule has 0 aliphatic carbocycles. The molecule has 3 aromatic heterocycles. The Morgan fingerprint density at radius 3 is 2.34 bits per heavy atom. The number of benzene rings is 2. The Morgan fingerprint density at radius 1 is 0.932 bits per heavy atom. The standard InChI is InChI=1S/C32H33N9O3/c1-3-8-27-34-28(31(42)40-19-17-39(18-20-40)26-11-6-7-16-33-26)29(32(43)44-2)41(27)21-22-12-14-23(15-13-22)24-9-4-5-10-25(24)30-35-37-38-36-30/h4-7,9-16H,3,8,17-21H2,1-2H3,(H,35,36,37,38). The van der Waals surface area contributed by atoms with Crippen molar-refractivity contribution in [2.24, 2.45) is 0 Å². The van der Waals surface area contributed by atoms with Crippen molar-refractivity contribution >= 4 is 17.7 Å². The molecule has 0 spiro atoms. The van der Waals surface area contributed by atoms with E-state index >= 15 is 0 Å². The van der Waals surface area contributed by atoms with Gasteiger partial charge in [-0.1, -0.05) is 61.5 Å². The number of methoxy groups -OCH3 is 1. The van der Waals surface area contributed by atoms with Crippen LogP contribution in [0.4, 0.5) is 5.82 Å². The van der Waals surface area contributed by atoms with Crippen molar-refractivity contribution in [3.8, 4) is 22.5 Å². The smallest absolute Gasteiger partial charge is 0.357 e. The van der Waals surface area contributed by atoms with Gasteiger partial charge in [0.05, 0.1) is 7.11 Å². The molecule has 1 saturated heterocycles. The van der Waals surface area contributed by atoms with Crippen LogP contribution in [0, 0.1) is 0 Å². The van der Waals surface area contributed by atoms with Crippen molar-refractivity contribution in [2.45, 2.75) is 26.3 Å². The number of carbonyl (C=O) groups is 2. The predicted molar refractivity (Wildman–Crippen MR) is 164 cm³/mol. The number of ether oxygens (including phenoxy) is 1. The Bertz CT molecular complexity index is 1730. The van der Waals surface area contributed by atoms with Crippen LogP contribution in [0.25, 0.3) is 22.5 Å². The van der Waals surface area contributed by atoms with Gasteiger partial charge in [0, 0.05) is 50.9 Å². The molecular formula is C32H33N9O3. The van der Waals surface area contributed by atoms with Crippen molar-refractivity contribution in [1.29, 1.82) is 0 Å². The number of aryl methyl sites for hydroxylation is 1. The number of imidazole rings is 1. The number of nitrogens with zero attached hydrogens (tertiary/aromatic N) is 8. The highest BCUT2D eigenvalue weighted by Crippen LogP contribution is 2.30. The van der Waals surface area contributed by atoms with E-state index in [0.29, 0.717) is 50.8 Å². The lowest BCUT2D eigenvalue weighted by Gasteiger charge is -2.35. The molecule has 12 heteroatoms. The van der Waals surface area contributed by atoms with Gasteiger partial charge in [0.15, 0.2) is 11.4 Å². The van der Waals surface area contributed by atoms with Gasteiger partial charge in [-0.15, -0.1) is 10.2 Å². The predicted octanol–water partition coefficient (Wildman–Crippen LogP) is 3.88. The molecule has 1 N–H and O–H groups in total. The van der Waals surface area contributed by atoms with Crippen molar-refractivity contribution < 1.29 is 14.3 Å². The average molecular weight is 592 g/mol. The molecule has 0 radical (unpaired) electrons. The number of esters is 1. The molecule has 1 aliphatic rings. The van der Waals surface area contributed by atoms with Crippen LogP contribution in [0.5, 0.6) is 0 Å². The number of anilines is 1. The van der Waals surface area contributed by atoms with Crippen LogP contribution in [0.3, 0.4) is 0 Å². The minimum atomic E-state index is -0.582. The second-order valence-electron chi connectivity index (χ2n) is 10.5. The Morgan fingerprint density at radius 2 is 1.68 bits per heavy atom. The van der Waals surface area contributed by atoms with E-state index in [1.807, 2.05) is 78.2 Å². The summed E-state index contributed by atoms with van der Waals surface area (Å²) in [6, 6.07) is 21.7. The number of carbonyl (C=O) groups excluding carboxylic acids is 2. The van der Waals surface area contributed by atoms with Gasteiger partial charge in [-0.05, 0) is 40.5 Å². The van der Waals surface area contributed by atoms with Gasteiger partial charge in [0.25, 0.3) is 5.91 Å². The number of hydrogen-bond donors (Lipinski definition) is 1. The van der Waals surface area contributed by atoms with Gasteiger partial charge in [0.1, 0.15) is 11.6 Å². The third-order valence-electron chi connectivity index (χ3n) is 7.76. The first kappa shape index (κ1) is 28.7. The monoisotopic (exact) mass is 591 g/mol. The number of aromatic amines is 1. The first-order valence-electron chi connectivity index (χ1n) is 14.6. The Balaban J connectivity index is 1.27. The zero-order valence-electron chi connectivity index (χ0n) is 24.7. The lowest BCUT2D eigenvalue weighted by atomic mass is 9.98. The fourth-order valence-electron chi connectivity index (χ4n) is 5.54. The number of aromatic nitrogens is 7. The Hall–Kier alpha value is -5.39. The summed E-state index contributed by atoms with van der Waals surface area (Å²) >= 11 is 0. The van der Waals surface area contributed by atoms with Crippen LogP contribution in [-0.2, 0) is 17.7 Å². The van der Waals surface area contributed by atoms with Crippen LogP contribution < -0.4 is 4.90 Å². The molecule has 1 aliphatic heterocycles. The molecular weight excluding hydrogens is 558 g/mol. The fraction of sp³-hybridized carbons (Fsp3) is 0.281. The van der Waals surface area contributed by atoms with E-state index in [4.69, 9.17) is 9.72 Å². The highest BCUT2D eigenvalue weighted by Gasteiger charge is 2.32. The molecule has 4 heterocycles. The maximum Gasteiger partial charge on any atom is 0.357 e. The highest BCUT2D eigenvalue weighted by molar-refractivity contribution is 6.03. The van der Waals surface area contributed by atoms with Crippen molar-refractivity contribution in [3.63, 3.8) is 0 Å². The molecule has 0 unspecified atom stereocenters. The molecule has 12 nitrogen and oxygen atoms in total.